The number of nitrogens with zero attached hydrogens (tertiary/aromatic N) is 4. The molecule has 172 valence electrons. The van der Waals surface area contributed by atoms with Crippen molar-refractivity contribution in [1.29, 1.82) is 5.26 Å². The molecule has 9 heteroatoms. The summed E-state index contributed by atoms with van der Waals surface area (Å²) in [6.07, 6.45) is 3.68. The van der Waals surface area contributed by atoms with Crippen molar-refractivity contribution in [3.63, 3.8) is 0 Å². The SMILES string of the molecule is Cc1ccc(OCC(C)Nc2nc(Nc3cc(C)[nH]n3)cc(C3CCNCC3)c2C#N)cn1. The minimum absolute atomic E-state index is 0.0744. The first-order chi connectivity index (χ1) is 16.0. The summed E-state index contributed by atoms with van der Waals surface area (Å²) < 4.78 is 5.87. The molecule has 1 fully saturated rings. The van der Waals surface area contributed by atoms with Crippen molar-refractivity contribution in [2.75, 3.05) is 30.3 Å². The molecule has 0 aliphatic carbocycles. The fourth-order valence-corrected chi connectivity index (χ4v) is 3.95. The molecule has 0 bridgehead atoms. The van der Waals surface area contributed by atoms with Crippen LogP contribution in [-0.4, -0.2) is 45.9 Å². The number of hydrogen-bond donors (Lipinski definition) is 4. The average molecular weight is 447 g/mol. The van der Waals surface area contributed by atoms with Crippen LogP contribution in [0.25, 0.3) is 0 Å². The van der Waals surface area contributed by atoms with Crippen LogP contribution in [0.3, 0.4) is 0 Å². The predicted molar refractivity (Wildman–Crippen MR) is 128 cm³/mol. The highest BCUT2D eigenvalue weighted by Crippen LogP contribution is 2.33. The van der Waals surface area contributed by atoms with Gasteiger partial charge in [-0.25, -0.2) is 4.98 Å². The Hall–Kier alpha value is -3.64. The number of piperidine rings is 1. The monoisotopic (exact) mass is 446 g/mol. The third-order valence-corrected chi connectivity index (χ3v) is 5.67. The number of nitriles is 1. The van der Waals surface area contributed by atoms with E-state index in [1.165, 1.54) is 0 Å². The second-order valence-corrected chi connectivity index (χ2v) is 8.51. The van der Waals surface area contributed by atoms with E-state index in [1.807, 2.05) is 45.0 Å². The smallest absolute Gasteiger partial charge is 0.153 e. The van der Waals surface area contributed by atoms with Gasteiger partial charge in [0.2, 0.25) is 0 Å². The molecule has 0 saturated carbocycles. The quantitative estimate of drug-likeness (QED) is 0.412. The molecule has 1 aliphatic heterocycles. The summed E-state index contributed by atoms with van der Waals surface area (Å²) in [4.78, 5) is 8.99. The van der Waals surface area contributed by atoms with Gasteiger partial charge < -0.3 is 20.7 Å². The molecule has 0 radical (unpaired) electrons. The van der Waals surface area contributed by atoms with Crippen LogP contribution in [0.5, 0.6) is 5.75 Å². The number of aryl methyl sites for hydroxylation is 2. The van der Waals surface area contributed by atoms with E-state index in [0.717, 1.165) is 42.9 Å². The highest BCUT2D eigenvalue weighted by molar-refractivity contribution is 5.65. The lowest BCUT2D eigenvalue weighted by molar-refractivity contribution is 0.302. The lowest BCUT2D eigenvalue weighted by Gasteiger charge is -2.26. The van der Waals surface area contributed by atoms with Gasteiger partial charge in [0.1, 0.15) is 30.1 Å². The largest absolute Gasteiger partial charge is 0.490 e. The number of anilines is 3. The Balaban J connectivity index is 1.57. The highest BCUT2D eigenvalue weighted by atomic mass is 16.5. The third kappa shape index (κ3) is 5.79. The Morgan fingerprint density at radius 3 is 2.70 bits per heavy atom. The van der Waals surface area contributed by atoms with Crippen molar-refractivity contribution < 1.29 is 4.74 Å². The number of nitrogens with one attached hydrogen (secondary N) is 4. The molecule has 33 heavy (non-hydrogen) atoms. The van der Waals surface area contributed by atoms with E-state index in [4.69, 9.17) is 9.72 Å². The van der Waals surface area contributed by atoms with Crippen LogP contribution in [0.4, 0.5) is 17.5 Å². The molecule has 1 atom stereocenters. The van der Waals surface area contributed by atoms with Crippen LogP contribution in [0.1, 0.15) is 48.2 Å². The summed E-state index contributed by atoms with van der Waals surface area (Å²) in [5, 5.41) is 27.3. The first-order valence-corrected chi connectivity index (χ1v) is 11.3. The van der Waals surface area contributed by atoms with E-state index in [9.17, 15) is 5.26 Å². The van der Waals surface area contributed by atoms with Gasteiger partial charge in [-0.3, -0.25) is 10.1 Å². The predicted octanol–water partition coefficient (Wildman–Crippen LogP) is 3.78. The van der Waals surface area contributed by atoms with Crippen molar-refractivity contribution in [3.8, 4) is 11.8 Å². The van der Waals surface area contributed by atoms with Gasteiger partial charge in [0, 0.05) is 17.5 Å². The van der Waals surface area contributed by atoms with E-state index < -0.39 is 0 Å². The number of H-pyrrole nitrogens is 1. The van der Waals surface area contributed by atoms with Gasteiger partial charge in [0.05, 0.1) is 17.8 Å². The molecule has 4 N–H and O–H groups in total. The van der Waals surface area contributed by atoms with Gasteiger partial charge in [-0.05, 0) is 76.4 Å². The molecule has 3 aromatic rings. The van der Waals surface area contributed by atoms with E-state index in [2.05, 4.69) is 37.2 Å². The van der Waals surface area contributed by atoms with E-state index in [-0.39, 0.29) is 6.04 Å². The topological polar surface area (TPSA) is 124 Å². The highest BCUT2D eigenvalue weighted by Gasteiger charge is 2.23. The zero-order chi connectivity index (χ0) is 23.2. The van der Waals surface area contributed by atoms with Crippen molar-refractivity contribution in [2.45, 2.75) is 45.6 Å². The molecule has 1 saturated heterocycles. The van der Waals surface area contributed by atoms with Crippen molar-refractivity contribution in [2.24, 2.45) is 0 Å². The number of pyridine rings is 2. The van der Waals surface area contributed by atoms with Crippen LogP contribution in [0, 0.1) is 25.2 Å². The molecular formula is C24H30N8O. The van der Waals surface area contributed by atoms with Gasteiger partial charge in [0.25, 0.3) is 0 Å². The standard InChI is InChI=1S/C24H30N8O/c1-15-4-5-19(13-27-15)33-14-17(3)28-24-21(12-25)20(18-6-8-26-9-7-18)11-22(30-24)29-23-10-16(2)31-32-23/h4-5,10-11,13,17-18,26H,6-9,14H2,1-3H3,(H3,28,29,30,31,32). The average Bonchev–Trinajstić information content (AvgIpc) is 3.23. The molecule has 1 unspecified atom stereocenters. The zero-order valence-electron chi connectivity index (χ0n) is 19.3. The number of rotatable bonds is 8. The van der Waals surface area contributed by atoms with Gasteiger partial charge in [-0.1, -0.05) is 0 Å². The Morgan fingerprint density at radius 1 is 1.21 bits per heavy atom. The fourth-order valence-electron chi connectivity index (χ4n) is 3.95. The molecule has 9 nitrogen and oxygen atoms in total. The van der Waals surface area contributed by atoms with Gasteiger partial charge in [-0.2, -0.15) is 10.4 Å². The summed E-state index contributed by atoms with van der Waals surface area (Å²) >= 11 is 0. The molecule has 0 aromatic carbocycles. The molecule has 0 amide bonds. The lowest BCUT2D eigenvalue weighted by atomic mass is 9.87. The molecule has 3 aromatic heterocycles. The first-order valence-electron chi connectivity index (χ1n) is 11.3. The van der Waals surface area contributed by atoms with Crippen molar-refractivity contribution in [1.82, 2.24) is 25.5 Å². The zero-order valence-corrected chi connectivity index (χ0v) is 19.3. The Morgan fingerprint density at radius 2 is 2.03 bits per heavy atom. The van der Waals surface area contributed by atoms with Crippen molar-refractivity contribution in [3.05, 3.63) is 53.0 Å². The fraction of sp³-hybridized carbons (Fsp3) is 0.417. The van der Waals surface area contributed by atoms with Crippen LogP contribution in [0.15, 0.2) is 30.5 Å². The van der Waals surface area contributed by atoms with Crippen molar-refractivity contribution >= 4 is 17.5 Å². The maximum atomic E-state index is 10.0. The molecule has 1 aliphatic rings. The van der Waals surface area contributed by atoms with Gasteiger partial charge >= 0.3 is 0 Å². The van der Waals surface area contributed by atoms with Crippen LogP contribution in [0.2, 0.25) is 0 Å². The van der Waals surface area contributed by atoms with Gasteiger partial charge in [0.15, 0.2) is 5.82 Å². The minimum atomic E-state index is -0.0744. The van der Waals surface area contributed by atoms with E-state index >= 15 is 0 Å². The normalized spacial score (nSPS) is 15.0. The van der Waals surface area contributed by atoms with Crippen LogP contribution < -0.4 is 20.7 Å². The Bertz CT molecular complexity index is 1110. The molecular weight excluding hydrogens is 416 g/mol. The number of aromatic nitrogens is 4. The minimum Gasteiger partial charge on any atom is -0.490 e. The molecule has 4 rings (SSSR count). The maximum Gasteiger partial charge on any atom is 0.153 e. The van der Waals surface area contributed by atoms with E-state index in [1.54, 1.807) is 6.20 Å². The number of aromatic amines is 1. The van der Waals surface area contributed by atoms with Crippen LogP contribution >= 0.6 is 0 Å². The number of hydrogen-bond acceptors (Lipinski definition) is 8. The van der Waals surface area contributed by atoms with Gasteiger partial charge in [-0.15, -0.1) is 0 Å². The molecule has 0 spiro atoms. The number of ether oxygens (including phenoxy) is 1. The summed E-state index contributed by atoms with van der Waals surface area (Å²) in [5.41, 5.74) is 3.51. The van der Waals surface area contributed by atoms with Crippen LogP contribution in [-0.2, 0) is 0 Å². The second kappa shape index (κ2) is 10.3. The Kier molecular flexibility index (Phi) is 7.05. The lowest BCUT2D eigenvalue weighted by Crippen LogP contribution is -2.28. The first kappa shape index (κ1) is 22.6. The molecule has 4 heterocycles. The maximum absolute atomic E-state index is 10.0. The van der Waals surface area contributed by atoms with E-state index in [0.29, 0.717) is 41.3 Å². The summed E-state index contributed by atoms with van der Waals surface area (Å²) in [5.74, 6) is 2.92. The Labute approximate surface area is 194 Å². The third-order valence-electron chi connectivity index (χ3n) is 5.67. The summed E-state index contributed by atoms with van der Waals surface area (Å²) in [6, 6.07) is 10.0. The summed E-state index contributed by atoms with van der Waals surface area (Å²) in [6.45, 7) is 8.19. The summed E-state index contributed by atoms with van der Waals surface area (Å²) in [7, 11) is 0. The second-order valence-electron chi connectivity index (χ2n) is 8.51.